The molecule has 1 aliphatic heterocycles. The molecule has 112 valence electrons. The van der Waals surface area contributed by atoms with E-state index in [1.54, 1.807) is 26.0 Å². The number of methoxy groups -OCH3 is 2. The van der Waals surface area contributed by atoms with Gasteiger partial charge >= 0.3 is 11.9 Å². The molecule has 2 atom stereocenters. The number of hydrogen-bond acceptors (Lipinski definition) is 6. The van der Waals surface area contributed by atoms with Gasteiger partial charge in [0.05, 0.1) is 32.0 Å². The van der Waals surface area contributed by atoms with Crippen LogP contribution in [0.2, 0.25) is 0 Å². The smallest absolute Gasteiger partial charge is 0.336 e. The minimum Gasteiger partial charge on any atom is -0.469 e. The van der Waals surface area contributed by atoms with Gasteiger partial charge in [0.25, 0.3) is 0 Å². The normalized spacial score (nSPS) is 21.8. The predicted octanol–water partition coefficient (Wildman–Crippen LogP) is 2.07. The molecule has 6 nitrogen and oxygen atoms in total. The molecule has 0 amide bonds. The molecule has 2 rings (SSSR count). The molecule has 0 spiro atoms. The van der Waals surface area contributed by atoms with Crippen LogP contribution in [0, 0.1) is 5.92 Å². The van der Waals surface area contributed by atoms with E-state index in [-0.39, 0.29) is 0 Å². The van der Waals surface area contributed by atoms with E-state index in [0.717, 1.165) is 0 Å². The zero-order valence-corrected chi connectivity index (χ0v) is 12.4. The van der Waals surface area contributed by atoms with Gasteiger partial charge in [-0.15, -0.1) is 0 Å². The summed E-state index contributed by atoms with van der Waals surface area (Å²) >= 11 is 0. The number of hydrogen-bond donors (Lipinski definition) is 0. The quantitative estimate of drug-likeness (QED) is 0.797. The Kier molecular flexibility index (Phi) is 4.26. The minimum absolute atomic E-state index is 0.313. The second-order valence-corrected chi connectivity index (χ2v) is 4.74. The summed E-state index contributed by atoms with van der Waals surface area (Å²) in [6.45, 7) is 3.44. The Balaban J connectivity index is 2.61. The lowest BCUT2D eigenvalue weighted by Crippen LogP contribution is -2.35. The average Bonchev–Trinajstić information content (AvgIpc) is 2.99. The standard InChI is InChI=1S/C15H17NO5/c1-8-11(14(17)19-3)13(10-6-5-7-21-10)12(9(2)16-8)15(18)20-4/h5-7,11,13H,1-4H3. The summed E-state index contributed by atoms with van der Waals surface area (Å²) in [5, 5.41) is 0. The van der Waals surface area contributed by atoms with Gasteiger partial charge in [-0.2, -0.15) is 0 Å². The van der Waals surface area contributed by atoms with Crippen molar-refractivity contribution in [1.29, 1.82) is 0 Å². The van der Waals surface area contributed by atoms with Crippen LogP contribution in [-0.4, -0.2) is 31.9 Å². The van der Waals surface area contributed by atoms with Crippen LogP contribution in [0.1, 0.15) is 25.5 Å². The molecule has 6 heteroatoms. The number of allylic oxidation sites excluding steroid dienone is 1. The van der Waals surface area contributed by atoms with Gasteiger partial charge in [-0.3, -0.25) is 9.79 Å². The molecule has 1 aromatic rings. The van der Waals surface area contributed by atoms with Gasteiger partial charge in [0.15, 0.2) is 0 Å². The van der Waals surface area contributed by atoms with Crippen molar-refractivity contribution in [3.8, 4) is 0 Å². The van der Waals surface area contributed by atoms with Gasteiger partial charge in [-0.25, -0.2) is 4.79 Å². The highest BCUT2D eigenvalue weighted by atomic mass is 16.5. The average molecular weight is 291 g/mol. The molecule has 1 aliphatic rings. The SMILES string of the molecule is COC(=O)C1=C(C)N=C(C)C(C(=O)OC)C1c1ccco1. The highest BCUT2D eigenvalue weighted by molar-refractivity contribution is 6.06. The summed E-state index contributed by atoms with van der Waals surface area (Å²) in [6, 6.07) is 3.42. The molecule has 0 aromatic carbocycles. The molecule has 0 N–H and O–H groups in total. The summed E-state index contributed by atoms with van der Waals surface area (Å²) in [7, 11) is 2.60. The van der Waals surface area contributed by atoms with E-state index in [9.17, 15) is 9.59 Å². The lowest BCUT2D eigenvalue weighted by molar-refractivity contribution is -0.144. The van der Waals surface area contributed by atoms with Crippen molar-refractivity contribution < 1.29 is 23.5 Å². The maximum Gasteiger partial charge on any atom is 0.336 e. The third-order valence-corrected chi connectivity index (χ3v) is 3.54. The Labute approximate surface area is 122 Å². The number of rotatable bonds is 3. The number of ether oxygens (including phenoxy) is 2. The molecule has 0 aliphatic carbocycles. The zero-order chi connectivity index (χ0) is 15.6. The van der Waals surface area contributed by atoms with Crippen molar-refractivity contribution in [1.82, 2.24) is 0 Å². The molecule has 2 unspecified atom stereocenters. The summed E-state index contributed by atoms with van der Waals surface area (Å²) in [5.74, 6) is -1.80. The van der Waals surface area contributed by atoms with E-state index >= 15 is 0 Å². The summed E-state index contributed by atoms with van der Waals surface area (Å²) in [4.78, 5) is 28.5. The van der Waals surface area contributed by atoms with Gasteiger partial charge in [0, 0.05) is 11.4 Å². The molecule has 2 heterocycles. The Bertz CT molecular complexity index is 612. The molecular formula is C15H17NO5. The lowest BCUT2D eigenvalue weighted by atomic mass is 9.78. The molecule has 0 saturated carbocycles. The second-order valence-electron chi connectivity index (χ2n) is 4.74. The maximum absolute atomic E-state index is 12.1. The fourth-order valence-electron chi connectivity index (χ4n) is 2.62. The Hall–Kier alpha value is -2.37. The Morgan fingerprint density at radius 3 is 2.48 bits per heavy atom. The van der Waals surface area contributed by atoms with Gasteiger partial charge in [-0.1, -0.05) is 0 Å². The first-order valence-corrected chi connectivity index (χ1v) is 6.46. The van der Waals surface area contributed by atoms with Crippen LogP contribution in [0.25, 0.3) is 0 Å². The number of aliphatic imine (C=N–C) groups is 1. The lowest BCUT2D eigenvalue weighted by Gasteiger charge is -2.29. The van der Waals surface area contributed by atoms with E-state index in [4.69, 9.17) is 13.9 Å². The first kappa shape index (κ1) is 15.0. The van der Waals surface area contributed by atoms with Crippen molar-refractivity contribution in [2.45, 2.75) is 19.8 Å². The Morgan fingerprint density at radius 1 is 1.24 bits per heavy atom. The monoisotopic (exact) mass is 291 g/mol. The fourth-order valence-corrected chi connectivity index (χ4v) is 2.62. The predicted molar refractivity (Wildman–Crippen MR) is 74.8 cm³/mol. The van der Waals surface area contributed by atoms with Crippen LogP contribution in [0.5, 0.6) is 0 Å². The molecule has 0 radical (unpaired) electrons. The number of esters is 2. The largest absolute Gasteiger partial charge is 0.469 e. The van der Waals surface area contributed by atoms with Gasteiger partial charge in [0.1, 0.15) is 11.7 Å². The van der Waals surface area contributed by atoms with Crippen molar-refractivity contribution in [2.75, 3.05) is 14.2 Å². The summed E-state index contributed by atoms with van der Waals surface area (Å²) in [5.41, 5.74) is 1.41. The molecule has 0 saturated heterocycles. The number of nitrogens with zero attached hydrogens (tertiary/aromatic N) is 1. The van der Waals surface area contributed by atoms with Crippen molar-refractivity contribution in [2.24, 2.45) is 10.9 Å². The molecule has 0 fully saturated rings. The van der Waals surface area contributed by atoms with E-state index in [1.807, 2.05) is 0 Å². The van der Waals surface area contributed by atoms with Crippen LogP contribution in [0.3, 0.4) is 0 Å². The van der Waals surface area contributed by atoms with Crippen LogP contribution >= 0.6 is 0 Å². The number of carbonyl (C=O) groups is 2. The fraction of sp³-hybridized carbons (Fsp3) is 0.400. The first-order chi connectivity index (χ1) is 10.0. The number of furan rings is 1. The van der Waals surface area contributed by atoms with Gasteiger partial charge in [-0.05, 0) is 26.0 Å². The van der Waals surface area contributed by atoms with Crippen molar-refractivity contribution in [3.63, 3.8) is 0 Å². The van der Waals surface area contributed by atoms with Crippen LogP contribution in [-0.2, 0) is 19.1 Å². The van der Waals surface area contributed by atoms with Crippen LogP contribution < -0.4 is 0 Å². The topological polar surface area (TPSA) is 78.1 Å². The van der Waals surface area contributed by atoms with E-state index in [2.05, 4.69) is 4.99 Å². The maximum atomic E-state index is 12.1. The third kappa shape index (κ3) is 2.61. The Morgan fingerprint density at radius 2 is 1.95 bits per heavy atom. The first-order valence-electron chi connectivity index (χ1n) is 6.46. The minimum atomic E-state index is -0.709. The zero-order valence-electron chi connectivity index (χ0n) is 12.4. The van der Waals surface area contributed by atoms with Crippen molar-refractivity contribution in [3.05, 3.63) is 35.4 Å². The van der Waals surface area contributed by atoms with Crippen molar-refractivity contribution >= 4 is 17.7 Å². The molecular weight excluding hydrogens is 274 g/mol. The highest BCUT2D eigenvalue weighted by Gasteiger charge is 2.43. The van der Waals surface area contributed by atoms with E-state index in [0.29, 0.717) is 22.7 Å². The number of carbonyl (C=O) groups excluding carboxylic acids is 2. The van der Waals surface area contributed by atoms with Gasteiger partial charge in [0.2, 0.25) is 0 Å². The van der Waals surface area contributed by atoms with E-state index < -0.39 is 23.8 Å². The van der Waals surface area contributed by atoms with Gasteiger partial charge < -0.3 is 13.9 Å². The van der Waals surface area contributed by atoms with Crippen LogP contribution in [0.4, 0.5) is 0 Å². The van der Waals surface area contributed by atoms with E-state index in [1.165, 1.54) is 20.5 Å². The molecule has 21 heavy (non-hydrogen) atoms. The summed E-state index contributed by atoms with van der Waals surface area (Å²) < 4.78 is 15.1. The third-order valence-electron chi connectivity index (χ3n) is 3.54. The highest BCUT2D eigenvalue weighted by Crippen LogP contribution is 2.40. The molecule has 1 aromatic heterocycles. The summed E-state index contributed by atoms with van der Waals surface area (Å²) in [6.07, 6.45) is 1.50. The molecule has 0 bridgehead atoms. The van der Waals surface area contributed by atoms with Crippen LogP contribution in [0.15, 0.2) is 39.1 Å². The second kappa shape index (κ2) is 5.95.